The maximum Gasteiger partial charge on any atom is 0.165 e. The maximum atomic E-state index is 5.41. The first-order chi connectivity index (χ1) is 29.3. The highest BCUT2D eigenvalue weighted by atomic mass is 32.1. The van der Waals surface area contributed by atoms with Gasteiger partial charge in [0.1, 0.15) is 0 Å². The molecule has 3 nitrogen and oxygen atoms in total. The lowest BCUT2D eigenvalue weighted by Gasteiger charge is -2.16. The third-order valence-electron chi connectivity index (χ3n) is 11.8. The van der Waals surface area contributed by atoms with Crippen LogP contribution in [-0.4, -0.2) is 15.0 Å². The fourth-order valence-corrected chi connectivity index (χ4v) is 10.3. The molecule has 0 saturated carbocycles. The Kier molecular flexibility index (Phi) is 7.72. The van der Waals surface area contributed by atoms with Crippen molar-refractivity contribution in [3.63, 3.8) is 0 Å². The zero-order valence-electron chi connectivity index (χ0n) is 31.8. The van der Waals surface area contributed by atoms with E-state index in [4.69, 9.17) is 15.0 Å². The predicted molar refractivity (Wildman–Crippen MR) is 250 cm³/mol. The van der Waals surface area contributed by atoms with Gasteiger partial charge in [-0.3, -0.25) is 0 Å². The second kappa shape index (κ2) is 13.6. The second-order valence-corrected chi connectivity index (χ2v) is 16.1. The lowest BCUT2D eigenvalue weighted by atomic mass is 9.91. The molecule has 0 saturated heterocycles. The average Bonchev–Trinajstić information content (AvgIpc) is 3.69. The second-order valence-electron chi connectivity index (χ2n) is 15.1. The van der Waals surface area contributed by atoms with Crippen LogP contribution in [0.2, 0.25) is 0 Å². The number of nitrogens with zero attached hydrogens (tertiary/aromatic N) is 3. The summed E-state index contributed by atoms with van der Waals surface area (Å²) in [5, 5.41) is 11.9. The molecule has 2 heterocycles. The molecule has 0 N–H and O–H groups in total. The van der Waals surface area contributed by atoms with Gasteiger partial charge in [-0.05, 0) is 89.6 Å². The minimum absolute atomic E-state index is 0.644. The first-order valence-corrected chi connectivity index (χ1v) is 20.8. The molecule has 4 heteroatoms. The molecule has 12 rings (SSSR count). The Morgan fingerprint density at radius 3 is 1.12 bits per heavy atom. The fraction of sp³-hybridized carbons (Fsp3) is 0. The summed E-state index contributed by atoms with van der Waals surface area (Å²) in [6.07, 6.45) is 0. The summed E-state index contributed by atoms with van der Waals surface area (Å²) < 4.78 is 2.42. The number of hydrogen-bond donors (Lipinski definition) is 0. The topological polar surface area (TPSA) is 38.7 Å². The van der Waals surface area contributed by atoms with Gasteiger partial charge in [0, 0.05) is 36.9 Å². The van der Waals surface area contributed by atoms with E-state index >= 15 is 0 Å². The normalized spacial score (nSPS) is 11.7. The molecule has 59 heavy (non-hydrogen) atoms. The Morgan fingerprint density at radius 2 is 0.576 bits per heavy atom. The van der Waals surface area contributed by atoms with E-state index in [0.29, 0.717) is 17.5 Å². The van der Waals surface area contributed by atoms with Crippen molar-refractivity contribution in [1.82, 2.24) is 15.0 Å². The van der Waals surface area contributed by atoms with Crippen LogP contribution in [0.3, 0.4) is 0 Å². The van der Waals surface area contributed by atoms with E-state index in [1.165, 1.54) is 64.0 Å². The maximum absolute atomic E-state index is 5.41. The van der Waals surface area contributed by atoms with E-state index in [2.05, 4.69) is 200 Å². The molecule has 0 amide bonds. The number of aromatic nitrogens is 3. The van der Waals surface area contributed by atoms with Crippen LogP contribution in [0.25, 0.3) is 120 Å². The molecule has 10 aromatic carbocycles. The van der Waals surface area contributed by atoms with Gasteiger partial charge in [-0.15, -0.1) is 11.3 Å². The fourth-order valence-electron chi connectivity index (χ4n) is 9.04. The zero-order chi connectivity index (χ0) is 38.9. The quantitative estimate of drug-likeness (QED) is 0.175. The first kappa shape index (κ1) is 33.6. The van der Waals surface area contributed by atoms with Crippen LogP contribution in [0, 0.1) is 0 Å². The van der Waals surface area contributed by atoms with Gasteiger partial charge in [0.2, 0.25) is 0 Å². The van der Waals surface area contributed by atoms with E-state index in [9.17, 15) is 0 Å². The molecule has 0 aliphatic carbocycles. The zero-order valence-corrected chi connectivity index (χ0v) is 32.6. The number of rotatable bonds is 5. The van der Waals surface area contributed by atoms with E-state index < -0.39 is 0 Å². The summed E-state index contributed by atoms with van der Waals surface area (Å²) in [7, 11) is 0. The monoisotopic (exact) mass is 767 g/mol. The number of benzene rings is 10. The molecule has 0 aliphatic heterocycles. The molecule has 12 aromatic rings. The van der Waals surface area contributed by atoms with Crippen molar-refractivity contribution in [2.75, 3.05) is 0 Å². The van der Waals surface area contributed by atoms with Crippen molar-refractivity contribution in [3.05, 3.63) is 200 Å². The van der Waals surface area contributed by atoms with Crippen molar-refractivity contribution in [1.29, 1.82) is 0 Å². The van der Waals surface area contributed by atoms with Crippen molar-refractivity contribution in [3.8, 4) is 56.4 Å². The third kappa shape index (κ3) is 5.45. The van der Waals surface area contributed by atoms with Crippen molar-refractivity contribution in [2.24, 2.45) is 0 Å². The van der Waals surface area contributed by atoms with Crippen molar-refractivity contribution < 1.29 is 0 Å². The molecule has 274 valence electrons. The SMILES string of the molecule is c1ccc2c(-c3ccc(-c4nc(-c5ccc(-c6cccc7ccccc67)c6ccccc56)nc(-c5cccc6c5sc5ccccc56)n4)c4ccccc34)cccc2c1. The summed E-state index contributed by atoms with van der Waals surface area (Å²) in [6, 6.07) is 71.6. The number of thiophene rings is 1. The van der Waals surface area contributed by atoms with Crippen LogP contribution >= 0.6 is 11.3 Å². The minimum atomic E-state index is 0.644. The highest BCUT2D eigenvalue weighted by Crippen LogP contribution is 2.43. The van der Waals surface area contributed by atoms with E-state index in [-0.39, 0.29) is 0 Å². The average molecular weight is 768 g/mol. The molecule has 0 spiro atoms. The molecule has 0 unspecified atom stereocenters. The molecular formula is C55H33N3S. The van der Waals surface area contributed by atoms with Gasteiger partial charge in [-0.1, -0.05) is 176 Å². The molecule has 0 fully saturated rings. The van der Waals surface area contributed by atoms with E-state index in [0.717, 1.165) is 38.2 Å². The Balaban J connectivity index is 1.12. The van der Waals surface area contributed by atoms with Gasteiger partial charge < -0.3 is 0 Å². The highest BCUT2D eigenvalue weighted by Gasteiger charge is 2.21. The van der Waals surface area contributed by atoms with Crippen LogP contribution in [0.15, 0.2) is 200 Å². The highest BCUT2D eigenvalue weighted by molar-refractivity contribution is 7.26. The van der Waals surface area contributed by atoms with E-state index in [1.807, 2.05) is 0 Å². The van der Waals surface area contributed by atoms with Crippen LogP contribution in [0.5, 0.6) is 0 Å². The summed E-state index contributed by atoms with van der Waals surface area (Å²) in [5.74, 6) is 1.95. The smallest absolute Gasteiger partial charge is 0.165 e. The van der Waals surface area contributed by atoms with Gasteiger partial charge in [-0.25, -0.2) is 15.0 Å². The van der Waals surface area contributed by atoms with Crippen molar-refractivity contribution >= 4 is 74.6 Å². The van der Waals surface area contributed by atoms with Crippen LogP contribution < -0.4 is 0 Å². The summed E-state index contributed by atoms with van der Waals surface area (Å²) in [6.45, 7) is 0. The molecule has 0 aliphatic rings. The van der Waals surface area contributed by atoms with Gasteiger partial charge in [-0.2, -0.15) is 0 Å². The van der Waals surface area contributed by atoms with Gasteiger partial charge in [0.25, 0.3) is 0 Å². The van der Waals surface area contributed by atoms with Gasteiger partial charge in [0.05, 0.1) is 0 Å². The first-order valence-electron chi connectivity index (χ1n) is 19.9. The lowest BCUT2D eigenvalue weighted by molar-refractivity contribution is 1.08. The molecular weight excluding hydrogens is 735 g/mol. The van der Waals surface area contributed by atoms with Crippen LogP contribution in [0.4, 0.5) is 0 Å². The third-order valence-corrected chi connectivity index (χ3v) is 13.0. The van der Waals surface area contributed by atoms with Gasteiger partial charge >= 0.3 is 0 Å². The van der Waals surface area contributed by atoms with Crippen LogP contribution in [-0.2, 0) is 0 Å². The largest absolute Gasteiger partial charge is 0.208 e. The molecule has 0 radical (unpaired) electrons. The molecule has 0 atom stereocenters. The predicted octanol–water partition coefficient (Wildman–Crippen LogP) is 15.2. The Labute approximate surface area is 344 Å². The Bertz CT molecular complexity index is 3450. The summed E-state index contributed by atoms with van der Waals surface area (Å²) in [5.41, 5.74) is 7.71. The van der Waals surface area contributed by atoms with Gasteiger partial charge in [0.15, 0.2) is 17.5 Å². The Morgan fingerprint density at radius 1 is 0.237 bits per heavy atom. The number of fused-ring (bicyclic) bond motifs is 7. The standard InChI is InChI=1S/C55H33N3S/c1-3-18-36-34(14-1)16-11-25-38(36)44-30-32-48(42-22-7-5-20-40(42)44)53-56-54(58-55(57-53)50-28-13-27-47-46-24-9-10-29-51(46)59-52(47)50)49-33-31-45(41-21-6-8-23-43(41)49)39-26-12-17-35-15-2-4-19-37(35)39/h1-33H. The summed E-state index contributed by atoms with van der Waals surface area (Å²) in [4.78, 5) is 16.2. The van der Waals surface area contributed by atoms with Crippen molar-refractivity contribution in [2.45, 2.75) is 0 Å². The summed E-state index contributed by atoms with van der Waals surface area (Å²) >= 11 is 1.79. The Hall–Kier alpha value is -7.53. The number of hydrogen-bond acceptors (Lipinski definition) is 4. The van der Waals surface area contributed by atoms with Crippen LogP contribution in [0.1, 0.15) is 0 Å². The molecule has 2 aromatic heterocycles. The lowest BCUT2D eigenvalue weighted by Crippen LogP contribution is -2.01. The minimum Gasteiger partial charge on any atom is -0.208 e. The molecule has 0 bridgehead atoms. The van der Waals surface area contributed by atoms with E-state index in [1.54, 1.807) is 11.3 Å².